The Labute approximate surface area is 131 Å². The summed E-state index contributed by atoms with van der Waals surface area (Å²) in [7, 11) is 0. The normalized spacial score (nSPS) is 10.5. The van der Waals surface area contributed by atoms with Crippen LogP contribution in [0.4, 0.5) is 9.39 Å². The van der Waals surface area contributed by atoms with E-state index in [2.05, 4.69) is 5.32 Å². The van der Waals surface area contributed by atoms with Gasteiger partial charge < -0.3 is 10.4 Å². The predicted octanol–water partition coefficient (Wildman–Crippen LogP) is 4.02. The molecule has 0 fully saturated rings. The lowest BCUT2D eigenvalue weighted by Crippen LogP contribution is -2.15. The molecule has 1 aromatic heterocycles. The van der Waals surface area contributed by atoms with E-state index in [9.17, 15) is 19.1 Å². The first-order valence-corrected chi connectivity index (χ1v) is 7.59. The number of carboxylic acid groups (broad SMARTS) is 1. The summed E-state index contributed by atoms with van der Waals surface area (Å²) in [5.74, 6) is -2.38. The van der Waals surface area contributed by atoms with Gasteiger partial charge in [-0.2, -0.15) is 0 Å². The highest BCUT2D eigenvalue weighted by Crippen LogP contribution is 2.33. The quantitative estimate of drug-likeness (QED) is 0.894. The molecule has 0 atom stereocenters. The molecule has 0 aliphatic carbocycles. The Kier molecular flexibility index (Phi) is 4.61. The number of benzene rings is 1. The van der Waals surface area contributed by atoms with Crippen molar-refractivity contribution in [2.75, 3.05) is 5.32 Å². The Bertz CT molecular complexity index is 752. The van der Waals surface area contributed by atoms with Gasteiger partial charge in [0.25, 0.3) is 5.91 Å². The van der Waals surface area contributed by atoms with E-state index in [1.54, 1.807) is 19.9 Å². The number of carboxylic acids is 1. The van der Waals surface area contributed by atoms with Gasteiger partial charge in [0.05, 0.1) is 11.1 Å². The van der Waals surface area contributed by atoms with Crippen LogP contribution < -0.4 is 5.32 Å². The first-order valence-electron chi connectivity index (χ1n) is 6.78. The van der Waals surface area contributed by atoms with Crippen molar-refractivity contribution >= 4 is 28.2 Å². The summed E-state index contributed by atoms with van der Waals surface area (Å²) >= 11 is 1.19. The second-order valence-electron chi connectivity index (χ2n) is 4.94. The molecule has 6 heteroatoms. The molecule has 0 spiro atoms. The molecule has 1 heterocycles. The zero-order valence-electron chi connectivity index (χ0n) is 12.5. The number of anilines is 1. The van der Waals surface area contributed by atoms with E-state index in [0.29, 0.717) is 12.0 Å². The van der Waals surface area contributed by atoms with Crippen LogP contribution in [0.25, 0.3) is 0 Å². The fraction of sp³-hybridized carbons (Fsp3) is 0.250. The third-order valence-corrected chi connectivity index (χ3v) is 4.43. The molecule has 1 aromatic carbocycles. The highest BCUT2D eigenvalue weighted by Gasteiger charge is 2.23. The smallest absolute Gasteiger partial charge is 0.339 e. The highest BCUT2D eigenvalue weighted by molar-refractivity contribution is 7.16. The number of halogens is 1. The number of amides is 1. The molecule has 0 aliphatic heterocycles. The third-order valence-electron chi connectivity index (χ3n) is 3.37. The van der Waals surface area contributed by atoms with Gasteiger partial charge >= 0.3 is 5.97 Å². The molecule has 4 nitrogen and oxygen atoms in total. The number of nitrogens with one attached hydrogen (secondary N) is 1. The summed E-state index contributed by atoms with van der Waals surface area (Å²) in [6, 6.07) is 4.23. The van der Waals surface area contributed by atoms with Gasteiger partial charge in [-0.15, -0.1) is 11.3 Å². The first kappa shape index (κ1) is 16.2. The van der Waals surface area contributed by atoms with E-state index in [1.807, 2.05) is 6.92 Å². The van der Waals surface area contributed by atoms with Crippen LogP contribution in [0.2, 0.25) is 0 Å². The van der Waals surface area contributed by atoms with Crippen LogP contribution in [0.15, 0.2) is 18.2 Å². The van der Waals surface area contributed by atoms with Crippen LogP contribution in [0, 0.1) is 19.7 Å². The molecule has 0 unspecified atom stereocenters. The summed E-state index contributed by atoms with van der Waals surface area (Å²) in [5, 5.41) is 12.1. The number of carbonyl (C=O) groups excluding carboxylic acids is 1. The van der Waals surface area contributed by atoms with Crippen LogP contribution in [0.3, 0.4) is 0 Å². The lowest BCUT2D eigenvalue weighted by Gasteiger charge is -2.07. The SMILES string of the molecule is CCc1c(C)sc(NC(=O)c2cc(C)ccc2F)c1C(=O)O. The molecule has 2 aromatic rings. The van der Waals surface area contributed by atoms with Gasteiger partial charge in [0.1, 0.15) is 10.8 Å². The summed E-state index contributed by atoms with van der Waals surface area (Å²) in [6.45, 7) is 5.41. The Morgan fingerprint density at radius 1 is 1.32 bits per heavy atom. The largest absolute Gasteiger partial charge is 0.478 e. The van der Waals surface area contributed by atoms with Crippen molar-refractivity contribution in [1.82, 2.24) is 0 Å². The van der Waals surface area contributed by atoms with Crippen LogP contribution in [-0.2, 0) is 6.42 Å². The maximum absolute atomic E-state index is 13.8. The van der Waals surface area contributed by atoms with Gasteiger partial charge in [-0.3, -0.25) is 4.79 Å². The Balaban J connectivity index is 2.41. The Hall–Kier alpha value is -2.21. The number of thiophene rings is 1. The van der Waals surface area contributed by atoms with E-state index >= 15 is 0 Å². The van der Waals surface area contributed by atoms with Crippen molar-refractivity contribution in [1.29, 1.82) is 0 Å². The first-order chi connectivity index (χ1) is 10.3. The molecule has 22 heavy (non-hydrogen) atoms. The van der Waals surface area contributed by atoms with Gasteiger partial charge in [0.2, 0.25) is 0 Å². The summed E-state index contributed by atoms with van der Waals surface area (Å²) < 4.78 is 13.8. The van der Waals surface area contributed by atoms with Gasteiger partial charge in [-0.05, 0) is 38.0 Å². The minimum Gasteiger partial charge on any atom is -0.478 e. The van der Waals surface area contributed by atoms with E-state index < -0.39 is 17.7 Å². The maximum atomic E-state index is 13.8. The average molecular weight is 321 g/mol. The summed E-state index contributed by atoms with van der Waals surface area (Å²) in [6.07, 6.45) is 0.554. The standard InChI is InChI=1S/C16H16FNO3S/c1-4-10-9(3)22-15(13(10)16(20)21)18-14(19)11-7-8(2)5-6-12(11)17/h5-7H,4H2,1-3H3,(H,18,19)(H,20,21). The van der Waals surface area contributed by atoms with Gasteiger partial charge in [0.15, 0.2) is 0 Å². The highest BCUT2D eigenvalue weighted by atomic mass is 32.1. The van der Waals surface area contributed by atoms with E-state index in [4.69, 9.17) is 0 Å². The molecule has 0 saturated heterocycles. The van der Waals surface area contributed by atoms with Crippen LogP contribution in [-0.4, -0.2) is 17.0 Å². The molecule has 0 bridgehead atoms. The van der Waals surface area contributed by atoms with Crippen molar-refractivity contribution in [3.05, 3.63) is 51.1 Å². The zero-order chi connectivity index (χ0) is 16.4. The van der Waals surface area contributed by atoms with Crippen molar-refractivity contribution in [2.45, 2.75) is 27.2 Å². The number of aryl methyl sites for hydroxylation is 2. The van der Waals surface area contributed by atoms with Crippen LogP contribution in [0.5, 0.6) is 0 Å². The molecule has 1 amide bonds. The summed E-state index contributed by atoms with van der Waals surface area (Å²) in [5.41, 5.74) is 1.44. The third kappa shape index (κ3) is 3.01. The van der Waals surface area contributed by atoms with E-state index in [0.717, 1.165) is 10.4 Å². The van der Waals surface area contributed by atoms with Crippen LogP contribution >= 0.6 is 11.3 Å². The summed E-state index contributed by atoms with van der Waals surface area (Å²) in [4.78, 5) is 24.5. The molecule has 116 valence electrons. The zero-order valence-corrected chi connectivity index (χ0v) is 13.3. The minimum atomic E-state index is -1.10. The molecular weight excluding hydrogens is 305 g/mol. The Morgan fingerprint density at radius 3 is 2.59 bits per heavy atom. The van der Waals surface area contributed by atoms with Crippen LogP contribution in [0.1, 0.15) is 43.6 Å². The number of rotatable bonds is 4. The molecule has 0 saturated carbocycles. The maximum Gasteiger partial charge on any atom is 0.339 e. The van der Waals surface area contributed by atoms with Gasteiger partial charge in [-0.1, -0.05) is 18.6 Å². The fourth-order valence-electron chi connectivity index (χ4n) is 2.30. The predicted molar refractivity (Wildman–Crippen MR) is 84.5 cm³/mol. The molecule has 2 N–H and O–H groups in total. The molecular formula is C16H16FNO3S. The topological polar surface area (TPSA) is 66.4 Å². The van der Waals surface area contributed by atoms with E-state index in [1.165, 1.54) is 23.5 Å². The second-order valence-corrected chi connectivity index (χ2v) is 6.16. The molecule has 0 radical (unpaired) electrons. The second kappa shape index (κ2) is 6.27. The van der Waals surface area contributed by atoms with Crippen molar-refractivity contribution in [2.24, 2.45) is 0 Å². The van der Waals surface area contributed by atoms with Gasteiger partial charge in [-0.25, -0.2) is 9.18 Å². The van der Waals surface area contributed by atoms with Crippen molar-refractivity contribution in [3.8, 4) is 0 Å². The minimum absolute atomic E-state index is 0.0893. The number of hydrogen-bond acceptors (Lipinski definition) is 3. The lowest BCUT2D eigenvalue weighted by atomic mass is 10.1. The molecule has 2 rings (SSSR count). The fourth-order valence-corrected chi connectivity index (χ4v) is 3.43. The number of hydrogen-bond donors (Lipinski definition) is 2. The lowest BCUT2D eigenvalue weighted by molar-refractivity contribution is 0.0697. The average Bonchev–Trinajstić information content (AvgIpc) is 2.76. The monoisotopic (exact) mass is 321 g/mol. The molecule has 0 aliphatic rings. The number of aromatic carboxylic acids is 1. The number of carbonyl (C=O) groups is 2. The van der Waals surface area contributed by atoms with Crippen molar-refractivity contribution in [3.63, 3.8) is 0 Å². The van der Waals surface area contributed by atoms with Crippen molar-refractivity contribution < 1.29 is 19.1 Å². The van der Waals surface area contributed by atoms with E-state index in [-0.39, 0.29) is 16.1 Å². The van der Waals surface area contributed by atoms with Gasteiger partial charge in [0, 0.05) is 4.88 Å². The Morgan fingerprint density at radius 2 is 2.00 bits per heavy atom.